The van der Waals surface area contributed by atoms with E-state index in [1.165, 1.54) is 32.1 Å². The van der Waals surface area contributed by atoms with E-state index < -0.39 is 17.9 Å². The van der Waals surface area contributed by atoms with Crippen molar-refractivity contribution in [3.63, 3.8) is 0 Å². The van der Waals surface area contributed by atoms with E-state index in [-0.39, 0.29) is 23.1 Å². The van der Waals surface area contributed by atoms with Crippen LogP contribution < -0.4 is 14.2 Å². The average Bonchev–Trinajstić information content (AvgIpc) is 3.04. The number of benzene rings is 2. The van der Waals surface area contributed by atoms with Crippen LogP contribution in [0.3, 0.4) is 0 Å². The van der Waals surface area contributed by atoms with Gasteiger partial charge in [0.25, 0.3) is 0 Å². The molecule has 154 valence electrons. The molecule has 2 aromatic rings. The van der Waals surface area contributed by atoms with Gasteiger partial charge < -0.3 is 18.9 Å². The molecule has 0 fully saturated rings. The van der Waals surface area contributed by atoms with Crippen LogP contribution >= 0.6 is 0 Å². The standard InChI is InChI=1S/C22H19NO7/c1-4-27-18-8-6-5-7-16(18)21-23-17(22(26)30-21)11-15-9-10-19(28-13(2)24)20(12-15)29-14(3)25/h5-12H,4H2,1-3H3/b17-11-. The number of esters is 3. The third-order valence-corrected chi connectivity index (χ3v) is 3.82. The molecule has 0 aliphatic carbocycles. The highest BCUT2D eigenvalue weighted by Gasteiger charge is 2.26. The van der Waals surface area contributed by atoms with E-state index in [2.05, 4.69) is 4.99 Å². The maximum atomic E-state index is 12.3. The van der Waals surface area contributed by atoms with Crippen LogP contribution in [0.2, 0.25) is 0 Å². The quantitative estimate of drug-likeness (QED) is 0.410. The Hall–Kier alpha value is -3.94. The second-order valence-corrected chi connectivity index (χ2v) is 6.16. The van der Waals surface area contributed by atoms with E-state index in [0.717, 1.165) is 0 Å². The summed E-state index contributed by atoms with van der Waals surface area (Å²) in [6, 6.07) is 11.6. The molecule has 0 aromatic heterocycles. The summed E-state index contributed by atoms with van der Waals surface area (Å²) in [6.07, 6.45) is 1.48. The van der Waals surface area contributed by atoms with Crippen molar-refractivity contribution in [2.75, 3.05) is 6.61 Å². The molecule has 0 atom stereocenters. The normalized spacial score (nSPS) is 14.2. The fraction of sp³-hybridized carbons (Fsp3) is 0.182. The largest absolute Gasteiger partial charge is 0.493 e. The molecule has 0 radical (unpaired) electrons. The predicted molar refractivity (Wildman–Crippen MR) is 107 cm³/mol. The summed E-state index contributed by atoms with van der Waals surface area (Å²) < 4.78 is 21.0. The van der Waals surface area contributed by atoms with Gasteiger partial charge in [0, 0.05) is 13.8 Å². The molecule has 30 heavy (non-hydrogen) atoms. The van der Waals surface area contributed by atoms with Gasteiger partial charge in [0.1, 0.15) is 5.75 Å². The van der Waals surface area contributed by atoms with Crippen LogP contribution in [-0.4, -0.2) is 30.4 Å². The van der Waals surface area contributed by atoms with E-state index >= 15 is 0 Å². The molecule has 1 aliphatic heterocycles. The van der Waals surface area contributed by atoms with E-state index in [0.29, 0.717) is 23.5 Å². The molecular formula is C22H19NO7. The lowest BCUT2D eigenvalue weighted by Crippen LogP contribution is -2.08. The van der Waals surface area contributed by atoms with Gasteiger partial charge in [-0.1, -0.05) is 18.2 Å². The molecule has 8 nitrogen and oxygen atoms in total. The number of nitrogens with zero attached hydrogens (tertiary/aromatic N) is 1. The number of hydrogen-bond donors (Lipinski definition) is 0. The molecular weight excluding hydrogens is 390 g/mol. The molecule has 1 aliphatic rings. The zero-order chi connectivity index (χ0) is 21.7. The minimum Gasteiger partial charge on any atom is -0.493 e. The summed E-state index contributed by atoms with van der Waals surface area (Å²) in [7, 11) is 0. The summed E-state index contributed by atoms with van der Waals surface area (Å²) in [4.78, 5) is 39.2. The van der Waals surface area contributed by atoms with Crippen molar-refractivity contribution < 1.29 is 33.3 Å². The number of carbonyl (C=O) groups is 3. The molecule has 0 amide bonds. The summed E-state index contributed by atoms with van der Waals surface area (Å²) in [5.41, 5.74) is 1.12. The monoisotopic (exact) mass is 409 g/mol. The van der Waals surface area contributed by atoms with E-state index in [4.69, 9.17) is 18.9 Å². The Labute approximate surface area is 172 Å². The second kappa shape index (κ2) is 9.04. The molecule has 3 rings (SSSR count). The number of carbonyl (C=O) groups excluding carboxylic acids is 3. The Morgan fingerprint density at radius 1 is 1.00 bits per heavy atom. The summed E-state index contributed by atoms with van der Waals surface area (Å²) >= 11 is 0. The van der Waals surface area contributed by atoms with Gasteiger partial charge in [-0.2, -0.15) is 0 Å². The van der Waals surface area contributed by atoms with Gasteiger partial charge in [0.15, 0.2) is 17.2 Å². The molecule has 0 N–H and O–H groups in total. The topological polar surface area (TPSA) is 100 Å². The Balaban J connectivity index is 1.95. The molecule has 0 unspecified atom stereocenters. The van der Waals surface area contributed by atoms with Crippen molar-refractivity contribution in [2.45, 2.75) is 20.8 Å². The van der Waals surface area contributed by atoms with Crippen molar-refractivity contribution in [3.05, 3.63) is 59.3 Å². The first-order chi connectivity index (χ1) is 14.4. The number of rotatable bonds is 6. The minimum absolute atomic E-state index is 0.0457. The summed E-state index contributed by atoms with van der Waals surface area (Å²) in [5, 5.41) is 0. The fourth-order valence-electron chi connectivity index (χ4n) is 2.70. The second-order valence-electron chi connectivity index (χ2n) is 6.16. The van der Waals surface area contributed by atoms with Gasteiger partial charge in [-0.05, 0) is 42.8 Å². The summed E-state index contributed by atoms with van der Waals surface area (Å²) in [5.74, 6) is -0.956. The number of aliphatic imine (C=N–C) groups is 1. The number of ether oxygens (including phenoxy) is 4. The van der Waals surface area contributed by atoms with Crippen molar-refractivity contribution in [2.24, 2.45) is 4.99 Å². The van der Waals surface area contributed by atoms with Crippen LogP contribution in [0.15, 0.2) is 53.2 Å². The first-order valence-corrected chi connectivity index (χ1v) is 9.13. The molecule has 0 saturated carbocycles. The van der Waals surface area contributed by atoms with Crippen molar-refractivity contribution in [3.8, 4) is 17.2 Å². The molecule has 0 spiro atoms. The van der Waals surface area contributed by atoms with Crippen molar-refractivity contribution in [1.29, 1.82) is 0 Å². The maximum absolute atomic E-state index is 12.3. The lowest BCUT2D eigenvalue weighted by Gasteiger charge is -2.09. The van der Waals surface area contributed by atoms with Crippen LogP contribution in [0, 0.1) is 0 Å². The third-order valence-electron chi connectivity index (χ3n) is 3.82. The van der Waals surface area contributed by atoms with Gasteiger partial charge in [-0.25, -0.2) is 9.79 Å². The van der Waals surface area contributed by atoms with Crippen LogP contribution in [0.5, 0.6) is 17.2 Å². The molecule has 1 heterocycles. The van der Waals surface area contributed by atoms with Crippen molar-refractivity contribution >= 4 is 29.9 Å². The molecule has 8 heteroatoms. The van der Waals surface area contributed by atoms with Gasteiger partial charge >= 0.3 is 17.9 Å². The Kier molecular flexibility index (Phi) is 6.26. The van der Waals surface area contributed by atoms with E-state index in [9.17, 15) is 14.4 Å². The number of cyclic esters (lactones) is 1. The lowest BCUT2D eigenvalue weighted by molar-refractivity contribution is -0.134. The van der Waals surface area contributed by atoms with Crippen LogP contribution in [-0.2, 0) is 19.1 Å². The van der Waals surface area contributed by atoms with Crippen molar-refractivity contribution in [1.82, 2.24) is 0 Å². The Morgan fingerprint density at radius 3 is 2.40 bits per heavy atom. The van der Waals surface area contributed by atoms with Crippen LogP contribution in [0.4, 0.5) is 0 Å². The van der Waals surface area contributed by atoms with Crippen LogP contribution in [0.1, 0.15) is 31.9 Å². The minimum atomic E-state index is -0.630. The zero-order valence-corrected chi connectivity index (χ0v) is 16.6. The van der Waals surface area contributed by atoms with Gasteiger partial charge in [-0.3, -0.25) is 9.59 Å². The Bertz CT molecular complexity index is 1070. The lowest BCUT2D eigenvalue weighted by atomic mass is 10.1. The predicted octanol–water partition coefficient (Wildman–Crippen LogP) is 3.28. The van der Waals surface area contributed by atoms with Gasteiger partial charge in [-0.15, -0.1) is 0 Å². The number of hydrogen-bond acceptors (Lipinski definition) is 8. The summed E-state index contributed by atoms with van der Waals surface area (Å²) in [6.45, 7) is 4.76. The van der Waals surface area contributed by atoms with Gasteiger partial charge in [0.05, 0.1) is 12.2 Å². The fourth-order valence-corrected chi connectivity index (χ4v) is 2.70. The average molecular weight is 409 g/mol. The maximum Gasteiger partial charge on any atom is 0.363 e. The van der Waals surface area contributed by atoms with E-state index in [1.807, 2.05) is 13.0 Å². The smallest absolute Gasteiger partial charge is 0.363 e. The van der Waals surface area contributed by atoms with E-state index in [1.54, 1.807) is 24.3 Å². The SMILES string of the molecule is CCOc1ccccc1C1=N/C(=C\c2ccc(OC(C)=O)c(OC(C)=O)c2)C(=O)O1. The Morgan fingerprint density at radius 2 is 1.70 bits per heavy atom. The molecule has 0 saturated heterocycles. The molecule has 0 bridgehead atoms. The first-order valence-electron chi connectivity index (χ1n) is 9.13. The highest BCUT2D eigenvalue weighted by Crippen LogP contribution is 2.31. The highest BCUT2D eigenvalue weighted by atomic mass is 16.6. The van der Waals surface area contributed by atoms with Gasteiger partial charge in [0.2, 0.25) is 5.90 Å². The number of para-hydroxylation sites is 1. The zero-order valence-electron chi connectivity index (χ0n) is 16.6. The first kappa shape index (κ1) is 20.8. The third kappa shape index (κ3) is 4.91. The molecule has 2 aromatic carbocycles. The van der Waals surface area contributed by atoms with Crippen LogP contribution in [0.25, 0.3) is 6.08 Å². The highest BCUT2D eigenvalue weighted by molar-refractivity contribution is 6.13.